The Balaban J connectivity index is 4.26. The minimum atomic E-state index is -1.16. The lowest BCUT2D eigenvalue weighted by Crippen LogP contribution is -2.42. The number of carboxylic acid groups (broad SMARTS) is 2. The van der Waals surface area contributed by atoms with Gasteiger partial charge in [0.15, 0.2) is 5.60 Å². The first-order chi connectivity index (χ1) is 25.0. The highest BCUT2D eigenvalue weighted by Gasteiger charge is 2.38. The van der Waals surface area contributed by atoms with Gasteiger partial charge in [0.1, 0.15) is 6.61 Å². The summed E-state index contributed by atoms with van der Waals surface area (Å²) in [6, 6.07) is 0. The average molecular weight is 727 g/mol. The lowest BCUT2D eigenvalue weighted by atomic mass is 9.89. The molecule has 0 aromatic heterocycles. The van der Waals surface area contributed by atoms with Crippen LogP contribution in [-0.4, -0.2) is 60.8 Å². The van der Waals surface area contributed by atoms with E-state index in [9.17, 15) is 14.7 Å². The molecule has 0 bridgehead atoms. The zero-order valence-electron chi connectivity index (χ0n) is 34.0. The Labute approximate surface area is 316 Å². The third-order valence-corrected chi connectivity index (χ3v) is 10.5. The fourth-order valence-electron chi connectivity index (χ4n) is 7.14. The van der Waals surface area contributed by atoms with Crippen LogP contribution in [0.5, 0.6) is 0 Å². The standard InChI is InChI=1S/C44H86O7/c1-3-5-7-9-11-13-15-17-19-21-23-25-27-29-31-33-35-44(43(47)48,51-40-39-49-37-38-50-41-42(45)46)36-34-32-30-28-26-24-22-20-18-16-14-12-10-8-6-4-2/h3-41H2,1-2H3,(H,45,46)(H,47,48). The van der Waals surface area contributed by atoms with Crippen molar-refractivity contribution < 1.29 is 34.0 Å². The van der Waals surface area contributed by atoms with E-state index in [0.717, 1.165) is 38.5 Å². The second-order valence-corrected chi connectivity index (χ2v) is 15.3. The van der Waals surface area contributed by atoms with Crippen LogP contribution in [0.15, 0.2) is 0 Å². The molecule has 7 nitrogen and oxygen atoms in total. The SMILES string of the molecule is CCCCCCCCCCCCCCCCCCC(CCCCCCCCCCCCCCCCCC)(OCCOCCOCC(=O)O)C(=O)O. The zero-order valence-corrected chi connectivity index (χ0v) is 34.0. The van der Waals surface area contributed by atoms with Crippen molar-refractivity contribution in [2.24, 2.45) is 0 Å². The molecule has 0 aromatic carbocycles. The number of carbonyl (C=O) groups is 2. The maximum atomic E-state index is 12.6. The Bertz CT molecular complexity index is 692. The molecule has 0 radical (unpaired) electrons. The zero-order chi connectivity index (χ0) is 37.4. The summed E-state index contributed by atoms with van der Waals surface area (Å²) in [7, 11) is 0. The molecular formula is C44H86O7. The molecule has 0 saturated heterocycles. The summed E-state index contributed by atoms with van der Waals surface area (Å²) in [6.45, 7) is 5.13. The van der Waals surface area contributed by atoms with Crippen LogP contribution in [0.3, 0.4) is 0 Å². The summed E-state index contributed by atoms with van der Waals surface area (Å²) >= 11 is 0. The van der Waals surface area contributed by atoms with Gasteiger partial charge in [0.2, 0.25) is 0 Å². The van der Waals surface area contributed by atoms with E-state index >= 15 is 0 Å². The molecule has 2 N–H and O–H groups in total. The van der Waals surface area contributed by atoms with Crippen LogP contribution in [0, 0.1) is 0 Å². The molecular weight excluding hydrogens is 640 g/mol. The molecule has 0 saturated carbocycles. The van der Waals surface area contributed by atoms with Crippen LogP contribution in [0.25, 0.3) is 0 Å². The third-order valence-electron chi connectivity index (χ3n) is 10.5. The second kappa shape index (κ2) is 40.0. The Morgan fingerprint density at radius 2 is 0.667 bits per heavy atom. The molecule has 0 spiro atoms. The summed E-state index contributed by atoms with van der Waals surface area (Å²) in [5.41, 5.74) is -1.16. The van der Waals surface area contributed by atoms with Crippen molar-refractivity contribution in [2.45, 2.75) is 238 Å². The van der Waals surface area contributed by atoms with Gasteiger partial charge in [-0.2, -0.15) is 0 Å². The quantitative estimate of drug-likeness (QED) is 0.0603. The normalized spacial score (nSPS) is 11.8. The molecule has 0 aliphatic rings. The first kappa shape index (κ1) is 49.8. The molecule has 0 aliphatic heterocycles. The largest absolute Gasteiger partial charge is 0.480 e. The molecule has 0 atom stereocenters. The van der Waals surface area contributed by atoms with Gasteiger partial charge in [-0.15, -0.1) is 0 Å². The summed E-state index contributed by atoms with van der Waals surface area (Å²) in [5.74, 6) is -1.86. The van der Waals surface area contributed by atoms with Crippen LogP contribution >= 0.6 is 0 Å². The molecule has 0 unspecified atom stereocenters. The fraction of sp³-hybridized carbons (Fsp3) is 0.955. The van der Waals surface area contributed by atoms with Crippen molar-refractivity contribution in [2.75, 3.05) is 33.0 Å². The molecule has 0 heterocycles. The minimum Gasteiger partial charge on any atom is -0.480 e. The van der Waals surface area contributed by atoms with E-state index in [-0.39, 0.29) is 33.0 Å². The molecule has 304 valence electrons. The number of carboxylic acids is 2. The van der Waals surface area contributed by atoms with Crippen molar-refractivity contribution in [3.05, 3.63) is 0 Å². The van der Waals surface area contributed by atoms with Gasteiger partial charge >= 0.3 is 11.9 Å². The van der Waals surface area contributed by atoms with E-state index in [0.29, 0.717) is 12.8 Å². The fourth-order valence-corrected chi connectivity index (χ4v) is 7.14. The molecule has 0 aliphatic carbocycles. The van der Waals surface area contributed by atoms with E-state index in [1.807, 2.05) is 0 Å². The highest BCUT2D eigenvalue weighted by atomic mass is 16.6. The van der Waals surface area contributed by atoms with Crippen molar-refractivity contribution in [1.29, 1.82) is 0 Å². The highest BCUT2D eigenvalue weighted by molar-refractivity contribution is 5.77. The first-order valence-electron chi connectivity index (χ1n) is 22.2. The predicted molar refractivity (Wildman–Crippen MR) is 214 cm³/mol. The van der Waals surface area contributed by atoms with E-state index in [1.54, 1.807) is 0 Å². The van der Waals surface area contributed by atoms with Crippen molar-refractivity contribution in [3.8, 4) is 0 Å². The topological polar surface area (TPSA) is 102 Å². The first-order valence-corrected chi connectivity index (χ1v) is 22.2. The van der Waals surface area contributed by atoms with Crippen LogP contribution in [0.2, 0.25) is 0 Å². The van der Waals surface area contributed by atoms with Gasteiger partial charge in [-0.25, -0.2) is 9.59 Å². The van der Waals surface area contributed by atoms with Crippen molar-refractivity contribution >= 4 is 11.9 Å². The third kappa shape index (κ3) is 35.6. The summed E-state index contributed by atoms with van der Waals surface area (Å²) in [5, 5.41) is 19.0. The minimum absolute atomic E-state index is 0.189. The van der Waals surface area contributed by atoms with E-state index in [4.69, 9.17) is 19.3 Å². The molecule has 0 amide bonds. The summed E-state index contributed by atoms with van der Waals surface area (Å²) in [6.07, 6.45) is 42.6. The van der Waals surface area contributed by atoms with E-state index < -0.39 is 17.5 Å². The second-order valence-electron chi connectivity index (χ2n) is 15.3. The Morgan fingerprint density at radius 3 is 0.961 bits per heavy atom. The summed E-state index contributed by atoms with van der Waals surface area (Å²) < 4.78 is 16.7. The van der Waals surface area contributed by atoms with Crippen LogP contribution in [-0.2, 0) is 23.8 Å². The number of aliphatic carboxylic acids is 2. The molecule has 51 heavy (non-hydrogen) atoms. The lowest BCUT2D eigenvalue weighted by molar-refractivity contribution is -0.171. The Morgan fingerprint density at radius 1 is 0.392 bits per heavy atom. The number of hydrogen-bond acceptors (Lipinski definition) is 5. The van der Waals surface area contributed by atoms with Gasteiger partial charge in [-0.05, 0) is 25.7 Å². The molecule has 7 heteroatoms. The average Bonchev–Trinajstić information content (AvgIpc) is 3.11. The van der Waals surface area contributed by atoms with Crippen molar-refractivity contribution in [1.82, 2.24) is 0 Å². The smallest absolute Gasteiger partial charge is 0.335 e. The Hall–Kier alpha value is -1.18. The predicted octanol–water partition coefficient (Wildman–Crippen LogP) is 13.2. The highest BCUT2D eigenvalue weighted by Crippen LogP contribution is 2.28. The van der Waals surface area contributed by atoms with Gasteiger partial charge < -0.3 is 24.4 Å². The van der Waals surface area contributed by atoms with E-state index in [1.165, 1.54) is 167 Å². The molecule has 0 rings (SSSR count). The van der Waals surface area contributed by atoms with Gasteiger partial charge in [-0.3, -0.25) is 0 Å². The van der Waals surface area contributed by atoms with Gasteiger partial charge in [-0.1, -0.05) is 206 Å². The Kier molecular flexibility index (Phi) is 39.1. The van der Waals surface area contributed by atoms with Gasteiger partial charge in [0, 0.05) is 0 Å². The van der Waals surface area contributed by atoms with Gasteiger partial charge in [0.25, 0.3) is 0 Å². The van der Waals surface area contributed by atoms with Crippen LogP contribution in [0.4, 0.5) is 0 Å². The van der Waals surface area contributed by atoms with Crippen LogP contribution in [0.1, 0.15) is 232 Å². The number of unbranched alkanes of at least 4 members (excludes halogenated alkanes) is 30. The number of ether oxygens (including phenoxy) is 3. The maximum Gasteiger partial charge on any atom is 0.335 e. The lowest BCUT2D eigenvalue weighted by Gasteiger charge is -2.30. The van der Waals surface area contributed by atoms with Crippen molar-refractivity contribution in [3.63, 3.8) is 0 Å². The summed E-state index contributed by atoms with van der Waals surface area (Å²) in [4.78, 5) is 23.2. The monoisotopic (exact) mass is 727 g/mol. The van der Waals surface area contributed by atoms with Crippen LogP contribution < -0.4 is 0 Å². The molecule has 0 aromatic rings. The number of hydrogen-bond donors (Lipinski definition) is 2. The number of rotatable bonds is 44. The maximum absolute atomic E-state index is 12.6. The van der Waals surface area contributed by atoms with E-state index in [2.05, 4.69) is 13.8 Å². The van der Waals surface area contributed by atoms with Gasteiger partial charge in [0.05, 0.1) is 26.4 Å². The molecule has 0 fully saturated rings.